The van der Waals surface area contributed by atoms with Gasteiger partial charge in [-0.25, -0.2) is 10.6 Å². The Morgan fingerprint density at radius 3 is 2.26 bits per heavy atom. The molecule has 0 radical (unpaired) electrons. The third kappa shape index (κ3) is 4.07. The molecular weight excluding hydrogens is 248 g/mol. The molecule has 1 fully saturated rings. The van der Waals surface area contributed by atoms with Crippen LogP contribution in [0.5, 0.6) is 0 Å². The van der Waals surface area contributed by atoms with Crippen LogP contribution in [0.15, 0.2) is 0 Å². The van der Waals surface area contributed by atoms with E-state index in [9.17, 15) is 9.59 Å². The zero-order chi connectivity index (χ0) is 14.4. The molecule has 0 spiro atoms. The van der Waals surface area contributed by atoms with Crippen molar-refractivity contribution in [3.05, 3.63) is 0 Å². The number of ether oxygens (including phenoxy) is 1. The lowest BCUT2D eigenvalue weighted by molar-refractivity contribution is -0.128. The first-order valence-electron chi connectivity index (χ1n) is 6.67. The summed E-state index contributed by atoms with van der Waals surface area (Å²) in [6.45, 7) is 8.57. The Bertz CT molecular complexity index is 314. The molecule has 1 rings (SSSR count). The third-order valence-electron chi connectivity index (χ3n) is 3.28. The summed E-state index contributed by atoms with van der Waals surface area (Å²) in [5.74, 6) is 5.21. The molecule has 1 atom stereocenters. The van der Waals surface area contributed by atoms with Crippen molar-refractivity contribution in [2.45, 2.75) is 26.8 Å². The van der Waals surface area contributed by atoms with Crippen LogP contribution in [-0.4, -0.2) is 60.6 Å². The van der Waals surface area contributed by atoms with Gasteiger partial charge in [-0.1, -0.05) is 13.8 Å². The summed E-state index contributed by atoms with van der Waals surface area (Å²) in [4.78, 5) is 27.1. The van der Waals surface area contributed by atoms with Crippen molar-refractivity contribution < 1.29 is 14.3 Å². The first-order chi connectivity index (χ1) is 9.01. The molecule has 0 aromatic rings. The highest BCUT2D eigenvalue weighted by Gasteiger charge is 2.32. The van der Waals surface area contributed by atoms with Crippen molar-refractivity contribution >= 4 is 12.0 Å². The van der Waals surface area contributed by atoms with Crippen LogP contribution < -0.4 is 11.3 Å². The van der Waals surface area contributed by atoms with Gasteiger partial charge in [-0.3, -0.25) is 15.1 Å². The molecule has 0 aromatic carbocycles. The minimum atomic E-state index is -0.286. The largest absolute Gasteiger partial charge is 0.450 e. The standard InChI is InChI=1S/C12H24N4O3/c1-4-19-12(18)16-7-5-15(6-8-16)10(9(2)3)11(17)14-13/h9-10H,4-8,13H2,1-3H3,(H,14,17). The van der Waals surface area contributed by atoms with Gasteiger partial charge in [0.1, 0.15) is 0 Å². The summed E-state index contributed by atoms with van der Waals surface area (Å²) in [7, 11) is 0. The molecule has 7 heteroatoms. The number of amides is 2. The molecule has 1 unspecified atom stereocenters. The number of carbonyl (C=O) groups excluding carboxylic acids is 2. The second-order valence-corrected chi connectivity index (χ2v) is 4.92. The van der Waals surface area contributed by atoms with E-state index >= 15 is 0 Å². The van der Waals surface area contributed by atoms with E-state index in [1.54, 1.807) is 11.8 Å². The maximum atomic E-state index is 11.8. The molecule has 7 nitrogen and oxygen atoms in total. The average molecular weight is 272 g/mol. The first-order valence-corrected chi connectivity index (χ1v) is 6.67. The van der Waals surface area contributed by atoms with Crippen molar-refractivity contribution in [3.63, 3.8) is 0 Å². The number of carbonyl (C=O) groups is 2. The van der Waals surface area contributed by atoms with Crippen molar-refractivity contribution in [1.82, 2.24) is 15.2 Å². The number of nitrogens with one attached hydrogen (secondary N) is 1. The Hall–Kier alpha value is -1.34. The van der Waals surface area contributed by atoms with Crippen molar-refractivity contribution in [1.29, 1.82) is 0 Å². The highest BCUT2D eigenvalue weighted by molar-refractivity contribution is 5.81. The van der Waals surface area contributed by atoms with Gasteiger partial charge in [-0.05, 0) is 12.8 Å². The maximum absolute atomic E-state index is 11.8. The van der Waals surface area contributed by atoms with E-state index in [1.165, 1.54) is 0 Å². The van der Waals surface area contributed by atoms with Crippen LogP contribution in [0, 0.1) is 5.92 Å². The SMILES string of the molecule is CCOC(=O)N1CCN(C(C(=O)NN)C(C)C)CC1. The molecule has 3 N–H and O–H groups in total. The Balaban J connectivity index is 2.56. The maximum Gasteiger partial charge on any atom is 0.409 e. The van der Waals surface area contributed by atoms with Crippen molar-refractivity contribution in [2.24, 2.45) is 11.8 Å². The van der Waals surface area contributed by atoms with Gasteiger partial charge in [0.15, 0.2) is 0 Å². The van der Waals surface area contributed by atoms with E-state index in [1.807, 2.05) is 13.8 Å². The molecule has 1 aliphatic heterocycles. The van der Waals surface area contributed by atoms with Gasteiger partial charge in [-0.2, -0.15) is 0 Å². The second kappa shape index (κ2) is 7.30. The Labute approximate surface area is 114 Å². The van der Waals surface area contributed by atoms with Gasteiger partial charge in [0.05, 0.1) is 12.6 Å². The fourth-order valence-corrected chi connectivity index (χ4v) is 2.37. The van der Waals surface area contributed by atoms with E-state index in [2.05, 4.69) is 10.3 Å². The van der Waals surface area contributed by atoms with Crippen LogP contribution in [-0.2, 0) is 9.53 Å². The van der Waals surface area contributed by atoms with Crippen LogP contribution >= 0.6 is 0 Å². The monoisotopic (exact) mass is 272 g/mol. The molecule has 0 aromatic heterocycles. The zero-order valence-corrected chi connectivity index (χ0v) is 11.9. The van der Waals surface area contributed by atoms with E-state index in [0.29, 0.717) is 32.8 Å². The molecule has 2 amide bonds. The van der Waals surface area contributed by atoms with Gasteiger partial charge >= 0.3 is 6.09 Å². The molecule has 110 valence electrons. The summed E-state index contributed by atoms with van der Waals surface area (Å²) >= 11 is 0. The van der Waals surface area contributed by atoms with Crippen LogP contribution in [0.2, 0.25) is 0 Å². The van der Waals surface area contributed by atoms with Gasteiger partial charge in [0.25, 0.3) is 5.91 Å². The normalized spacial score (nSPS) is 18.3. The number of hydrogen-bond donors (Lipinski definition) is 2. The van der Waals surface area contributed by atoms with Gasteiger partial charge in [0, 0.05) is 26.2 Å². The van der Waals surface area contributed by atoms with E-state index in [0.717, 1.165) is 0 Å². The topological polar surface area (TPSA) is 87.9 Å². The Morgan fingerprint density at radius 1 is 1.26 bits per heavy atom. The second-order valence-electron chi connectivity index (χ2n) is 4.92. The lowest BCUT2D eigenvalue weighted by atomic mass is 10.0. The number of piperazine rings is 1. The number of hydrazine groups is 1. The Morgan fingerprint density at radius 2 is 1.84 bits per heavy atom. The van der Waals surface area contributed by atoms with Gasteiger partial charge < -0.3 is 9.64 Å². The van der Waals surface area contributed by atoms with E-state index < -0.39 is 0 Å². The number of rotatable bonds is 4. The zero-order valence-electron chi connectivity index (χ0n) is 11.9. The van der Waals surface area contributed by atoms with Gasteiger partial charge in [0.2, 0.25) is 0 Å². The summed E-state index contributed by atoms with van der Waals surface area (Å²) in [6.07, 6.45) is -0.286. The molecule has 1 aliphatic rings. The molecular formula is C12H24N4O3. The highest BCUT2D eigenvalue weighted by atomic mass is 16.6. The summed E-state index contributed by atoms with van der Waals surface area (Å²) < 4.78 is 4.96. The molecule has 0 saturated carbocycles. The van der Waals surface area contributed by atoms with E-state index in [-0.39, 0.29) is 24.0 Å². The smallest absolute Gasteiger partial charge is 0.409 e. The Kier molecular flexibility index (Phi) is 6.04. The predicted octanol–water partition coefficient (Wildman–Crippen LogP) is -0.225. The minimum Gasteiger partial charge on any atom is -0.450 e. The number of nitrogens with zero attached hydrogens (tertiary/aromatic N) is 2. The average Bonchev–Trinajstić information content (AvgIpc) is 2.39. The summed E-state index contributed by atoms with van der Waals surface area (Å²) in [6, 6.07) is -0.255. The van der Waals surface area contributed by atoms with Crippen LogP contribution in [0.25, 0.3) is 0 Å². The van der Waals surface area contributed by atoms with Crippen LogP contribution in [0.1, 0.15) is 20.8 Å². The summed E-state index contributed by atoms with van der Waals surface area (Å²) in [5, 5.41) is 0. The first kappa shape index (κ1) is 15.7. The fraction of sp³-hybridized carbons (Fsp3) is 0.833. The fourth-order valence-electron chi connectivity index (χ4n) is 2.37. The van der Waals surface area contributed by atoms with Crippen molar-refractivity contribution in [2.75, 3.05) is 32.8 Å². The lowest BCUT2D eigenvalue weighted by Crippen LogP contribution is -2.58. The molecule has 1 heterocycles. The van der Waals surface area contributed by atoms with Crippen LogP contribution in [0.4, 0.5) is 4.79 Å². The molecule has 0 aliphatic carbocycles. The van der Waals surface area contributed by atoms with Gasteiger partial charge in [-0.15, -0.1) is 0 Å². The number of nitrogens with two attached hydrogens (primary N) is 1. The quantitative estimate of drug-likeness (QED) is 0.419. The van der Waals surface area contributed by atoms with E-state index in [4.69, 9.17) is 10.6 Å². The predicted molar refractivity (Wildman–Crippen MR) is 71.1 cm³/mol. The van der Waals surface area contributed by atoms with Crippen LogP contribution in [0.3, 0.4) is 0 Å². The molecule has 0 bridgehead atoms. The third-order valence-corrected chi connectivity index (χ3v) is 3.28. The minimum absolute atomic E-state index is 0.165. The summed E-state index contributed by atoms with van der Waals surface area (Å²) in [5.41, 5.74) is 2.21. The lowest BCUT2D eigenvalue weighted by Gasteiger charge is -2.39. The van der Waals surface area contributed by atoms with Crippen molar-refractivity contribution in [3.8, 4) is 0 Å². The molecule has 19 heavy (non-hydrogen) atoms. The highest BCUT2D eigenvalue weighted by Crippen LogP contribution is 2.14. The number of hydrogen-bond acceptors (Lipinski definition) is 5. The molecule has 1 saturated heterocycles.